The lowest BCUT2D eigenvalue weighted by atomic mass is 9.95. The first-order valence-electron chi connectivity index (χ1n) is 10.0. The van der Waals surface area contributed by atoms with Crippen molar-refractivity contribution in [2.45, 2.75) is 43.9 Å². The van der Waals surface area contributed by atoms with Crippen LogP contribution in [-0.2, 0) is 32.6 Å². The summed E-state index contributed by atoms with van der Waals surface area (Å²) in [5.74, 6) is -3.55. The molecule has 0 spiro atoms. The first-order chi connectivity index (χ1) is 15.8. The Bertz CT molecular complexity index is 1300. The van der Waals surface area contributed by atoms with Crippen LogP contribution in [0.3, 0.4) is 0 Å². The van der Waals surface area contributed by atoms with E-state index in [9.17, 15) is 41.5 Å². The number of nitriles is 1. The number of hydrogen-bond donors (Lipinski definition) is 1. The molecule has 34 heavy (non-hydrogen) atoms. The van der Waals surface area contributed by atoms with E-state index in [2.05, 4.69) is 0 Å². The van der Waals surface area contributed by atoms with Gasteiger partial charge in [-0.2, -0.15) is 18.4 Å². The number of amides is 1. The molecule has 1 amide bonds. The van der Waals surface area contributed by atoms with Crippen molar-refractivity contribution < 1.29 is 36.3 Å². The Morgan fingerprint density at radius 1 is 1.21 bits per heavy atom. The minimum absolute atomic E-state index is 0.00266. The Labute approximate surface area is 193 Å². The van der Waals surface area contributed by atoms with Gasteiger partial charge in [-0.3, -0.25) is 9.10 Å². The molecule has 2 aromatic carbocycles. The van der Waals surface area contributed by atoms with Crippen molar-refractivity contribution >= 4 is 27.6 Å². The van der Waals surface area contributed by atoms with Crippen LogP contribution in [0.25, 0.3) is 0 Å². The Kier molecular flexibility index (Phi) is 6.61. The van der Waals surface area contributed by atoms with Crippen molar-refractivity contribution in [3.8, 4) is 6.07 Å². The average Bonchev–Trinajstić information content (AvgIpc) is 2.77. The van der Waals surface area contributed by atoms with Crippen molar-refractivity contribution in [1.82, 2.24) is 4.90 Å². The second kappa shape index (κ2) is 8.98. The predicted molar refractivity (Wildman–Crippen MR) is 114 cm³/mol. The van der Waals surface area contributed by atoms with E-state index in [0.29, 0.717) is 20.3 Å². The molecule has 0 bridgehead atoms. The zero-order valence-corrected chi connectivity index (χ0v) is 18.9. The number of hydrogen-bond acceptors (Lipinski definition) is 5. The average molecular weight is 495 g/mol. The fourth-order valence-corrected chi connectivity index (χ4v) is 5.76. The molecule has 0 unspecified atom stereocenters. The number of nitrogens with zero attached hydrogens (tertiary/aromatic N) is 3. The Morgan fingerprint density at radius 2 is 1.88 bits per heavy atom. The molecule has 1 aliphatic rings. The SMILES string of the molecule is Cc1ccc(S(=O)(=O)N(c2cccc(C#N)c2)[C@@H](C)C(=O)O)c2c1CCN(C(=O)C(F)(F)F)C2. The van der Waals surface area contributed by atoms with Gasteiger partial charge in [0.25, 0.3) is 10.0 Å². The van der Waals surface area contributed by atoms with Gasteiger partial charge in [0.2, 0.25) is 0 Å². The monoisotopic (exact) mass is 495 g/mol. The number of rotatable bonds is 5. The normalized spacial score (nSPS) is 14.6. The van der Waals surface area contributed by atoms with Crippen LogP contribution in [0, 0.1) is 18.3 Å². The summed E-state index contributed by atoms with van der Waals surface area (Å²) in [5.41, 5.74) is 1.12. The van der Waals surface area contributed by atoms with E-state index in [1.54, 1.807) is 6.92 Å². The zero-order chi connectivity index (χ0) is 25.4. The number of halogens is 3. The third-order valence-corrected chi connectivity index (χ3v) is 7.59. The van der Waals surface area contributed by atoms with Crippen molar-refractivity contribution in [1.29, 1.82) is 5.26 Å². The van der Waals surface area contributed by atoms with Crippen LogP contribution in [0.4, 0.5) is 18.9 Å². The lowest BCUT2D eigenvalue weighted by Gasteiger charge is -2.34. The molecule has 1 atom stereocenters. The minimum Gasteiger partial charge on any atom is -0.480 e. The van der Waals surface area contributed by atoms with Crippen LogP contribution < -0.4 is 4.31 Å². The van der Waals surface area contributed by atoms with Crippen molar-refractivity contribution in [2.24, 2.45) is 0 Å². The molecule has 1 heterocycles. The fraction of sp³-hybridized carbons (Fsp3) is 0.318. The number of carboxylic acids is 1. The van der Waals surface area contributed by atoms with E-state index in [0.717, 1.165) is 6.92 Å². The van der Waals surface area contributed by atoms with E-state index in [-0.39, 0.29) is 29.8 Å². The molecule has 2 aromatic rings. The summed E-state index contributed by atoms with van der Waals surface area (Å²) in [5, 5.41) is 18.8. The number of anilines is 1. The molecule has 0 aliphatic carbocycles. The van der Waals surface area contributed by atoms with Gasteiger partial charge in [-0.05, 0) is 61.2 Å². The lowest BCUT2D eigenvalue weighted by molar-refractivity contribution is -0.186. The van der Waals surface area contributed by atoms with Gasteiger partial charge in [0.1, 0.15) is 6.04 Å². The van der Waals surface area contributed by atoms with Crippen molar-refractivity contribution in [3.63, 3.8) is 0 Å². The maximum absolute atomic E-state index is 13.8. The number of sulfonamides is 1. The van der Waals surface area contributed by atoms with E-state index in [4.69, 9.17) is 0 Å². The minimum atomic E-state index is -5.12. The number of carbonyl (C=O) groups excluding carboxylic acids is 1. The van der Waals surface area contributed by atoms with Gasteiger partial charge >= 0.3 is 18.1 Å². The highest BCUT2D eigenvalue weighted by Gasteiger charge is 2.44. The summed E-state index contributed by atoms with van der Waals surface area (Å²) >= 11 is 0. The van der Waals surface area contributed by atoms with Crippen LogP contribution >= 0.6 is 0 Å². The molecular formula is C22H20F3N3O5S. The highest BCUT2D eigenvalue weighted by Crippen LogP contribution is 2.35. The first kappa shape index (κ1) is 25.0. The second-order valence-corrected chi connectivity index (χ2v) is 9.57. The molecule has 0 saturated heterocycles. The zero-order valence-electron chi connectivity index (χ0n) is 18.1. The largest absolute Gasteiger partial charge is 0.480 e. The summed E-state index contributed by atoms with van der Waals surface area (Å²) in [6.07, 6.45) is -5.12. The number of alkyl halides is 3. The van der Waals surface area contributed by atoms with Crippen LogP contribution in [0.1, 0.15) is 29.2 Å². The highest BCUT2D eigenvalue weighted by molar-refractivity contribution is 7.93. The maximum Gasteiger partial charge on any atom is 0.471 e. The molecule has 0 saturated carbocycles. The van der Waals surface area contributed by atoms with Crippen molar-refractivity contribution in [2.75, 3.05) is 10.8 Å². The smallest absolute Gasteiger partial charge is 0.471 e. The van der Waals surface area contributed by atoms with Gasteiger partial charge in [-0.1, -0.05) is 12.1 Å². The molecule has 180 valence electrons. The van der Waals surface area contributed by atoms with Gasteiger partial charge in [-0.25, -0.2) is 13.2 Å². The lowest BCUT2D eigenvalue weighted by Crippen LogP contribution is -2.46. The van der Waals surface area contributed by atoms with Gasteiger partial charge in [0, 0.05) is 13.1 Å². The van der Waals surface area contributed by atoms with E-state index >= 15 is 0 Å². The van der Waals surface area contributed by atoms with Gasteiger partial charge in [0.05, 0.1) is 22.2 Å². The molecule has 0 fully saturated rings. The van der Waals surface area contributed by atoms with Gasteiger partial charge in [-0.15, -0.1) is 0 Å². The molecule has 1 aliphatic heterocycles. The Morgan fingerprint density at radius 3 is 2.47 bits per heavy atom. The molecule has 12 heteroatoms. The molecule has 8 nitrogen and oxygen atoms in total. The van der Waals surface area contributed by atoms with E-state index in [1.807, 2.05) is 6.07 Å². The molecular weight excluding hydrogens is 475 g/mol. The summed E-state index contributed by atoms with van der Waals surface area (Å²) in [4.78, 5) is 23.8. The topological polar surface area (TPSA) is 119 Å². The quantitative estimate of drug-likeness (QED) is 0.681. The van der Waals surface area contributed by atoms with Crippen LogP contribution in [0.15, 0.2) is 41.3 Å². The number of benzene rings is 2. The summed E-state index contributed by atoms with van der Waals surface area (Å²) in [7, 11) is -4.64. The van der Waals surface area contributed by atoms with Gasteiger partial charge < -0.3 is 10.0 Å². The summed E-state index contributed by atoms with van der Waals surface area (Å²) in [6.45, 7) is 1.97. The summed E-state index contributed by atoms with van der Waals surface area (Å²) in [6, 6.07) is 8.25. The third-order valence-electron chi connectivity index (χ3n) is 5.61. The first-order valence-corrected chi connectivity index (χ1v) is 11.5. The number of carboxylic acid groups (broad SMARTS) is 1. The van der Waals surface area contributed by atoms with Crippen LogP contribution in [0.5, 0.6) is 0 Å². The number of aliphatic carboxylic acids is 1. The standard InChI is InChI=1S/C22H20F3N3O5S/c1-13-6-7-19(18-12-27(9-8-17(13)18)21(31)22(23,24)25)34(32,33)28(14(2)20(29)30)16-5-3-4-15(10-16)11-26/h3-7,10,14H,8-9,12H2,1-2H3,(H,29,30)/t14-/m0/s1. The van der Waals surface area contributed by atoms with Crippen LogP contribution in [-0.4, -0.2) is 49.1 Å². The Balaban J connectivity index is 2.20. The summed E-state index contributed by atoms with van der Waals surface area (Å²) < 4.78 is 67.3. The highest BCUT2D eigenvalue weighted by atomic mass is 32.2. The molecule has 3 rings (SSSR count). The predicted octanol–water partition coefficient (Wildman–Crippen LogP) is 2.98. The molecule has 1 N–H and O–H groups in total. The van der Waals surface area contributed by atoms with Gasteiger partial charge in [0.15, 0.2) is 0 Å². The van der Waals surface area contributed by atoms with E-state index < -0.39 is 45.6 Å². The Hall–Kier alpha value is -3.59. The second-order valence-electron chi connectivity index (χ2n) is 7.79. The maximum atomic E-state index is 13.8. The van der Waals surface area contributed by atoms with Crippen molar-refractivity contribution in [3.05, 3.63) is 58.7 Å². The number of carbonyl (C=O) groups is 2. The number of fused-ring (bicyclic) bond motifs is 1. The van der Waals surface area contributed by atoms with Crippen LogP contribution in [0.2, 0.25) is 0 Å². The third kappa shape index (κ3) is 4.56. The number of aryl methyl sites for hydroxylation is 1. The van der Waals surface area contributed by atoms with E-state index in [1.165, 1.54) is 36.4 Å². The fourth-order valence-electron chi connectivity index (χ4n) is 3.91. The molecule has 0 radical (unpaired) electrons. The molecule has 0 aromatic heterocycles.